The fourth-order valence-corrected chi connectivity index (χ4v) is 3.60. The number of pyridine rings is 1. The molecule has 1 fully saturated rings. The number of piperazine rings is 1. The number of carbonyl (C=O) groups is 1. The summed E-state index contributed by atoms with van der Waals surface area (Å²) in [7, 11) is 0. The minimum absolute atomic E-state index is 0.0151. The number of hydrogen-bond donors (Lipinski definition) is 0. The summed E-state index contributed by atoms with van der Waals surface area (Å²) in [4.78, 5) is 39.5. The highest BCUT2D eigenvalue weighted by molar-refractivity contribution is 5.82. The van der Waals surface area contributed by atoms with E-state index in [0.717, 1.165) is 11.1 Å². The summed E-state index contributed by atoms with van der Waals surface area (Å²) < 4.78 is 1.45. The molecule has 0 aliphatic carbocycles. The van der Waals surface area contributed by atoms with Crippen LogP contribution >= 0.6 is 0 Å². The number of nitro groups is 1. The maximum Gasteiger partial charge on any atom is 0.269 e. The Morgan fingerprint density at radius 3 is 2.34 bits per heavy atom. The lowest BCUT2D eigenvalue weighted by Crippen LogP contribution is -2.50. The molecule has 148 valence electrons. The van der Waals surface area contributed by atoms with Gasteiger partial charge in [0.1, 0.15) is 6.54 Å². The van der Waals surface area contributed by atoms with E-state index in [1.807, 2.05) is 24.3 Å². The first kappa shape index (κ1) is 18.7. The second kappa shape index (κ2) is 7.75. The summed E-state index contributed by atoms with van der Waals surface area (Å²) in [5, 5.41) is 12.2. The molecular formula is C21H20N4O4. The van der Waals surface area contributed by atoms with Crippen molar-refractivity contribution in [3.05, 3.63) is 81.3 Å². The van der Waals surface area contributed by atoms with E-state index in [2.05, 4.69) is 4.90 Å². The first-order valence-electron chi connectivity index (χ1n) is 9.38. The summed E-state index contributed by atoms with van der Waals surface area (Å²) in [6, 6.07) is 15.6. The van der Waals surface area contributed by atoms with E-state index in [0.29, 0.717) is 31.6 Å². The third kappa shape index (κ3) is 3.82. The average molecular weight is 392 g/mol. The molecule has 0 radical (unpaired) electrons. The number of nitrogens with zero attached hydrogens (tertiary/aromatic N) is 4. The van der Waals surface area contributed by atoms with Gasteiger partial charge in [-0.1, -0.05) is 18.2 Å². The number of hydrogen-bond acceptors (Lipinski definition) is 5. The predicted molar refractivity (Wildman–Crippen MR) is 110 cm³/mol. The van der Waals surface area contributed by atoms with Crippen molar-refractivity contribution in [2.75, 3.05) is 31.1 Å². The zero-order valence-corrected chi connectivity index (χ0v) is 15.7. The van der Waals surface area contributed by atoms with E-state index < -0.39 is 4.92 Å². The van der Waals surface area contributed by atoms with Crippen molar-refractivity contribution in [1.29, 1.82) is 0 Å². The largest absolute Gasteiger partial charge is 0.368 e. The molecule has 8 heteroatoms. The van der Waals surface area contributed by atoms with E-state index in [1.54, 1.807) is 29.3 Å². The maximum absolute atomic E-state index is 12.7. The van der Waals surface area contributed by atoms with Crippen molar-refractivity contribution >= 4 is 28.1 Å². The van der Waals surface area contributed by atoms with Crippen LogP contribution in [0.2, 0.25) is 0 Å². The Bertz CT molecular complexity index is 1120. The van der Waals surface area contributed by atoms with Gasteiger partial charge in [0.15, 0.2) is 0 Å². The van der Waals surface area contributed by atoms with Crippen LogP contribution in [0.3, 0.4) is 0 Å². The summed E-state index contributed by atoms with van der Waals surface area (Å²) >= 11 is 0. The maximum atomic E-state index is 12.7. The van der Waals surface area contributed by atoms with Gasteiger partial charge in [0.2, 0.25) is 5.91 Å². The van der Waals surface area contributed by atoms with Gasteiger partial charge in [-0.2, -0.15) is 0 Å². The number of amides is 1. The van der Waals surface area contributed by atoms with Gasteiger partial charge in [0, 0.05) is 55.6 Å². The molecule has 29 heavy (non-hydrogen) atoms. The average Bonchev–Trinajstić information content (AvgIpc) is 2.76. The van der Waals surface area contributed by atoms with Crippen molar-refractivity contribution in [3.8, 4) is 0 Å². The number of non-ortho nitro benzene ring substituents is 1. The number of aromatic nitrogens is 1. The van der Waals surface area contributed by atoms with Crippen LogP contribution in [0.5, 0.6) is 0 Å². The van der Waals surface area contributed by atoms with Gasteiger partial charge in [0.05, 0.1) is 4.92 Å². The van der Waals surface area contributed by atoms with Crippen molar-refractivity contribution in [2.45, 2.75) is 6.54 Å². The fraction of sp³-hybridized carbons (Fsp3) is 0.238. The van der Waals surface area contributed by atoms with Crippen LogP contribution in [0.4, 0.5) is 11.4 Å². The van der Waals surface area contributed by atoms with Gasteiger partial charge < -0.3 is 14.4 Å². The van der Waals surface area contributed by atoms with E-state index in [4.69, 9.17) is 0 Å². The summed E-state index contributed by atoms with van der Waals surface area (Å²) in [6.07, 6.45) is 1.66. The van der Waals surface area contributed by atoms with Gasteiger partial charge in [-0.25, -0.2) is 0 Å². The predicted octanol–water partition coefficient (Wildman–Crippen LogP) is 2.26. The highest BCUT2D eigenvalue weighted by Crippen LogP contribution is 2.20. The molecule has 0 bridgehead atoms. The lowest BCUT2D eigenvalue weighted by atomic mass is 10.2. The number of benzene rings is 2. The molecule has 1 saturated heterocycles. The van der Waals surface area contributed by atoms with Gasteiger partial charge in [-0.15, -0.1) is 0 Å². The standard InChI is InChI=1S/C21H20N4O4/c26-20(15-24-10-9-16-3-1-2-4-19(16)21(24)27)23-13-11-22(12-14-23)17-5-7-18(8-6-17)25(28)29/h1-10H,11-15H2. The Morgan fingerprint density at radius 2 is 1.66 bits per heavy atom. The Kier molecular flexibility index (Phi) is 4.99. The molecule has 0 saturated carbocycles. The van der Waals surface area contributed by atoms with Crippen LogP contribution in [0.15, 0.2) is 65.6 Å². The number of nitro benzene ring substituents is 1. The lowest BCUT2D eigenvalue weighted by Gasteiger charge is -2.36. The molecule has 0 N–H and O–H groups in total. The van der Waals surface area contributed by atoms with Crippen LogP contribution in [0.1, 0.15) is 0 Å². The highest BCUT2D eigenvalue weighted by Gasteiger charge is 2.22. The quantitative estimate of drug-likeness (QED) is 0.502. The number of anilines is 1. The first-order valence-corrected chi connectivity index (χ1v) is 9.38. The molecule has 2 aromatic carbocycles. The zero-order valence-electron chi connectivity index (χ0n) is 15.7. The summed E-state index contributed by atoms with van der Waals surface area (Å²) in [5.41, 5.74) is 0.790. The molecular weight excluding hydrogens is 372 g/mol. The molecule has 0 spiro atoms. The molecule has 0 atom stereocenters. The fourth-order valence-electron chi connectivity index (χ4n) is 3.60. The van der Waals surface area contributed by atoms with Crippen molar-refractivity contribution < 1.29 is 9.72 Å². The van der Waals surface area contributed by atoms with Crippen molar-refractivity contribution in [2.24, 2.45) is 0 Å². The molecule has 4 rings (SSSR count). The second-order valence-corrected chi connectivity index (χ2v) is 6.98. The Morgan fingerprint density at radius 1 is 0.966 bits per heavy atom. The van der Waals surface area contributed by atoms with Crippen LogP contribution in [-0.4, -0.2) is 46.5 Å². The number of carbonyl (C=O) groups excluding carboxylic acids is 1. The lowest BCUT2D eigenvalue weighted by molar-refractivity contribution is -0.384. The molecule has 8 nitrogen and oxygen atoms in total. The summed E-state index contributed by atoms with van der Waals surface area (Å²) in [5.74, 6) is -0.0919. The normalized spacial score (nSPS) is 14.2. The van der Waals surface area contributed by atoms with Gasteiger partial charge in [-0.3, -0.25) is 19.7 Å². The van der Waals surface area contributed by atoms with Crippen molar-refractivity contribution in [1.82, 2.24) is 9.47 Å². The Balaban J connectivity index is 1.40. The SMILES string of the molecule is O=C(Cn1ccc2ccccc2c1=O)N1CCN(c2ccc([N+](=O)[O-])cc2)CC1. The monoisotopic (exact) mass is 392 g/mol. The van der Waals surface area contributed by atoms with Gasteiger partial charge in [-0.05, 0) is 29.7 Å². The molecule has 0 unspecified atom stereocenters. The van der Waals surface area contributed by atoms with Gasteiger partial charge in [0.25, 0.3) is 11.2 Å². The molecule has 1 amide bonds. The van der Waals surface area contributed by atoms with Crippen LogP contribution in [0, 0.1) is 10.1 Å². The second-order valence-electron chi connectivity index (χ2n) is 6.98. The third-order valence-electron chi connectivity index (χ3n) is 5.25. The number of fused-ring (bicyclic) bond motifs is 1. The van der Waals surface area contributed by atoms with Crippen LogP contribution < -0.4 is 10.5 Å². The van der Waals surface area contributed by atoms with Crippen molar-refractivity contribution in [3.63, 3.8) is 0 Å². The summed E-state index contributed by atoms with van der Waals surface area (Å²) in [6.45, 7) is 2.36. The first-order chi connectivity index (χ1) is 14.0. The number of rotatable bonds is 4. The molecule has 1 aliphatic heterocycles. The molecule has 1 aliphatic rings. The minimum Gasteiger partial charge on any atom is -0.368 e. The minimum atomic E-state index is -0.422. The van der Waals surface area contributed by atoms with E-state index in [9.17, 15) is 19.7 Å². The van der Waals surface area contributed by atoms with E-state index in [-0.39, 0.29) is 23.7 Å². The molecule has 3 aromatic rings. The zero-order chi connectivity index (χ0) is 20.4. The third-order valence-corrected chi connectivity index (χ3v) is 5.25. The molecule has 2 heterocycles. The Hall–Kier alpha value is -3.68. The molecule has 1 aromatic heterocycles. The van der Waals surface area contributed by atoms with E-state index >= 15 is 0 Å². The smallest absolute Gasteiger partial charge is 0.269 e. The van der Waals surface area contributed by atoms with Crippen LogP contribution in [0.25, 0.3) is 10.8 Å². The highest BCUT2D eigenvalue weighted by atomic mass is 16.6. The van der Waals surface area contributed by atoms with Crippen LogP contribution in [-0.2, 0) is 11.3 Å². The Labute approximate surface area is 166 Å². The van der Waals surface area contributed by atoms with Gasteiger partial charge >= 0.3 is 0 Å². The topological polar surface area (TPSA) is 88.7 Å². The van der Waals surface area contributed by atoms with E-state index in [1.165, 1.54) is 16.7 Å².